The van der Waals surface area contributed by atoms with E-state index in [0.29, 0.717) is 5.15 Å². The van der Waals surface area contributed by atoms with Gasteiger partial charge in [-0.15, -0.1) is 0 Å². The van der Waals surface area contributed by atoms with Crippen LogP contribution in [0.5, 0.6) is 0 Å². The zero-order chi connectivity index (χ0) is 11.5. The quantitative estimate of drug-likeness (QED) is 0.842. The van der Waals surface area contributed by atoms with Gasteiger partial charge in [0, 0.05) is 12.6 Å². The topological polar surface area (TPSA) is 29.9 Å². The molecule has 0 bridgehead atoms. The first-order chi connectivity index (χ1) is 6.96. The second-order valence-corrected chi connectivity index (χ2v) is 4.93. The Labute approximate surface area is 96.8 Å². The summed E-state index contributed by atoms with van der Waals surface area (Å²) in [5, 5.41) is 4.17. The summed E-state index contributed by atoms with van der Waals surface area (Å²) in [5.74, 6) is 0.976. The highest BCUT2D eigenvalue weighted by Crippen LogP contribution is 2.13. The number of aromatic nitrogens is 2. The molecule has 0 unspecified atom stereocenters. The van der Waals surface area contributed by atoms with E-state index in [1.165, 1.54) is 6.42 Å². The van der Waals surface area contributed by atoms with Crippen molar-refractivity contribution < 1.29 is 0 Å². The highest BCUT2D eigenvalue weighted by Gasteiger charge is 2.16. The van der Waals surface area contributed by atoms with Crippen molar-refractivity contribution >= 4 is 11.6 Å². The van der Waals surface area contributed by atoms with Crippen LogP contribution in [-0.4, -0.2) is 15.1 Å². The Morgan fingerprint density at radius 3 is 2.67 bits per heavy atom. The number of nitrogens with one attached hydrogen (secondary N) is 1. The van der Waals surface area contributed by atoms with E-state index < -0.39 is 0 Å². The van der Waals surface area contributed by atoms with E-state index in [1.807, 2.05) is 11.6 Å². The maximum Gasteiger partial charge on any atom is 0.128 e. The number of imidazole rings is 1. The fraction of sp³-hybridized carbons (Fsp3) is 0.727. The molecule has 3 nitrogen and oxygen atoms in total. The predicted molar refractivity (Wildman–Crippen MR) is 64.0 cm³/mol. The van der Waals surface area contributed by atoms with Gasteiger partial charge in [0.15, 0.2) is 0 Å². The molecule has 1 N–H and O–H groups in total. The van der Waals surface area contributed by atoms with Crippen LogP contribution in [0, 0.1) is 0 Å². The van der Waals surface area contributed by atoms with Crippen molar-refractivity contribution in [2.75, 3.05) is 0 Å². The van der Waals surface area contributed by atoms with E-state index in [0.717, 1.165) is 18.8 Å². The molecule has 0 saturated heterocycles. The second kappa shape index (κ2) is 4.99. The van der Waals surface area contributed by atoms with Crippen molar-refractivity contribution in [1.82, 2.24) is 14.9 Å². The van der Waals surface area contributed by atoms with Crippen LogP contribution < -0.4 is 5.32 Å². The lowest BCUT2D eigenvalue weighted by atomic mass is 9.99. The van der Waals surface area contributed by atoms with E-state index in [4.69, 9.17) is 11.6 Å². The number of halogens is 1. The number of hydrogen-bond acceptors (Lipinski definition) is 2. The molecule has 1 heterocycles. The lowest BCUT2D eigenvalue weighted by Crippen LogP contribution is -2.39. The molecular formula is C11H20ClN3. The summed E-state index contributed by atoms with van der Waals surface area (Å²) in [6.07, 6.45) is 4.03. The molecule has 86 valence electrons. The summed E-state index contributed by atoms with van der Waals surface area (Å²) in [5.41, 5.74) is 0.160. The van der Waals surface area contributed by atoms with Crippen molar-refractivity contribution in [3.8, 4) is 0 Å². The minimum absolute atomic E-state index is 0.160. The van der Waals surface area contributed by atoms with E-state index in [1.54, 1.807) is 6.20 Å². The largest absolute Gasteiger partial charge is 0.321 e. The van der Waals surface area contributed by atoms with E-state index >= 15 is 0 Å². The van der Waals surface area contributed by atoms with E-state index in [-0.39, 0.29) is 5.54 Å². The standard InChI is InChI=1S/C11H20ClN3/c1-5-6-11(2,3)14-8-10-13-7-9(12)15(10)4/h7,14H,5-6,8H2,1-4H3. The molecule has 1 aromatic rings. The first-order valence-corrected chi connectivity index (χ1v) is 5.75. The van der Waals surface area contributed by atoms with Crippen LogP contribution in [0.3, 0.4) is 0 Å². The Kier molecular flexibility index (Phi) is 4.17. The van der Waals surface area contributed by atoms with Gasteiger partial charge >= 0.3 is 0 Å². The van der Waals surface area contributed by atoms with Gasteiger partial charge in [-0.3, -0.25) is 0 Å². The van der Waals surface area contributed by atoms with Gasteiger partial charge in [0.1, 0.15) is 11.0 Å². The monoisotopic (exact) mass is 229 g/mol. The Morgan fingerprint density at radius 1 is 1.53 bits per heavy atom. The summed E-state index contributed by atoms with van der Waals surface area (Å²) < 4.78 is 1.90. The summed E-state index contributed by atoms with van der Waals surface area (Å²) in [7, 11) is 1.93. The third kappa shape index (κ3) is 3.50. The van der Waals surface area contributed by atoms with Gasteiger partial charge in [0.05, 0.1) is 12.7 Å². The number of nitrogens with zero attached hydrogens (tertiary/aromatic N) is 2. The first kappa shape index (κ1) is 12.5. The molecule has 0 saturated carbocycles. The summed E-state index contributed by atoms with van der Waals surface area (Å²) in [6, 6.07) is 0. The summed E-state index contributed by atoms with van der Waals surface area (Å²) in [4.78, 5) is 4.25. The molecular weight excluding hydrogens is 210 g/mol. The molecule has 1 aromatic heterocycles. The lowest BCUT2D eigenvalue weighted by Gasteiger charge is -2.25. The molecule has 0 aromatic carbocycles. The molecule has 0 spiro atoms. The minimum atomic E-state index is 0.160. The van der Waals surface area contributed by atoms with Gasteiger partial charge in [0.25, 0.3) is 0 Å². The molecule has 0 atom stereocenters. The van der Waals surface area contributed by atoms with Gasteiger partial charge in [-0.25, -0.2) is 4.98 Å². The fourth-order valence-electron chi connectivity index (χ4n) is 1.62. The van der Waals surface area contributed by atoms with Crippen LogP contribution in [0.1, 0.15) is 39.4 Å². The third-order valence-electron chi connectivity index (χ3n) is 2.63. The van der Waals surface area contributed by atoms with Crippen molar-refractivity contribution in [2.45, 2.75) is 45.7 Å². The molecule has 0 amide bonds. The van der Waals surface area contributed by atoms with Gasteiger partial charge < -0.3 is 9.88 Å². The van der Waals surface area contributed by atoms with Crippen LogP contribution >= 0.6 is 11.6 Å². The van der Waals surface area contributed by atoms with Crippen molar-refractivity contribution in [1.29, 1.82) is 0 Å². The van der Waals surface area contributed by atoms with Crippen molar-refractivity contribution in [3.63, 3.8) is 0 Å². The van der Waals surface area contributed by atoms with Gasteiger partial charge in [0.2, 0.25) is 0 Å². The molecule has 0 radical (unpaired) electrons. The zero-order valence-corrected chi connectivity index (χ0v) is 10.7. The summed E-state index contributed by atoms with van der Waals surface area (Å²) >= 11 is 5.91. The molecule has 0 fully saturated rings. The minimum Gasteiger partial charge on any atom is -0.321 e. The molecule has 1 rings (SSSR count). The Bertz CT molecular complexity index is 318. The first-order valence-electron chi connectivity index (χ1n) is 5.37. The number of rotatable bonds is 5. The molecule has 15 heavy (non-hydrogen) atoms. The van der Waals surface area contributed by atoms with Crippen molar-refractivity contribution in [2.24, 2.45) is 7.05 Å². The van der Waals surface area contributed by atoms with Gasteiger partial charge in [-0.2, -0.15) is 0 Å². The van der Waals surface area contributed by atoms with Gasteiger partial charge in [-0.05, 0) is 20.3 Å². The number of hydrogen-bond donors (Lipinski definition) is 1. The average Bonchev–Trinajstić information content (AvgIpc) is 2.45. The maximum absolute atomic E-state index is 5.91. The van der Waals surface area contributed by atoms with Crippen LogP contribution in [0.2, 0.25) is 5.15 Å². The van der Waals surface area contributed by atoms with Gasteiger partial charge in [-0.1, -0.05) is 24.9 Å². The molecule has 4 heteroatoms. The van der Waals surface area contributed by atoms with Crippen LogP contribution in [0.25, 0.3) is 0 Å². The summed E-state index contributed by atoms with van der Waals surface area (Å²) in [6.45, 7) is 7.37. The Balaban J connectivity index is 2.53. The normalized spacial score (nSPS) is 12.1. The van der Waals surface area contributed by atoms with E-state index in [9.17, 15) is 0 Å². The predicted octanol–water partition coefficient (Wildman–Crippen LogP) is 2.74. The van der Waals surface area contributed by atoms with Crippen LogP contribution in [-0.2, 0) is 13.6 Å². The third-order valence-corrected chi connectivity index (χ3v) is 2.98. The molecule has 0 aliphatic rings. The van der Waals surface area contributed by atoms with Crippen molar-refractivity contribution in [3.05, 3.63) is 17.2 Å². The highest BCUT2D eigenvalue weighted by atomic mass is 35.5. The van der Waals surface area contributed by atoms with E-state index in [2.05, 4.69) is 31.1 Å². The van der Waals surface area contributed by atoms with Crippen LogP contribution in [0.15, 0.2) is 6.20 Å². The highest BCUT2D eigenvalue weighted by molar-refractivity contribution is 6.29. The molecule has 0 aliphatic carbocycles. The average molecular weight is 230 g/mol. The smallest absolute Gasteiger partial charge is 0.128 e. The Morgan fingerprint density at radius 2 is 2.20 bits per heavy atom. The zero-order valence-electron chi connectivity index (χ0n) is 9.97. The maximum atomic E-state index is 5.91. The SMILES string of the molecule is CCCC(C)(C)NCc1ncc(Cl)n1C. The Hall–Kier alpha value is -0.540. The molecule has 0 aliphatic heterocycles. The lowest BCUT2D eigenvalue weighted by molar-refractivity contribution is 0.351. The second-order valence-electron chi connectivity index (χ2n) is 4.54. The fourth-order valence-corrected chi connectivity index (χ4v) is 1.77. The van der Waals surface area contributed by atoms with Crippen LogP contribution in [0.4, 0.5) is 0 Å².